The Morgan fingerprint density at radius 2 is 1.47 bits per heavy atom. The molecule has 4 aromatic rings. The van der Waals surface area contributed by atoms with Gasteiger partial charge in [0.1, 0.15) is 5.82 Å². The van der Waals surface area contributed by atoms with Gasteiger partial charge in [0.25, 0.3) is 5.91 Å². The molecule has 1 aromatic carbocycles. The molecular formula is C24H23N7O. The van der Waals surface area contributed by atoms with Gasteiger partial charge in [-0.1, -0.05) is 6.07 Å². The van der Waals surface area contributed by atoms with Gasteiger partial charge in [0.2, 0.25) is 5.95 Å². The highest BCUT2D eigenvalue weighted by molar-refractivity contribution is 6.04. The second-order valence-electron chi connectivity index (χ2n) is 7.53. The predicted molar refractivity (Wildman–Crippen MR) is 124 cm³/mol. The zero-order valence-electron chi connectivity index (χ0n) is 17.5. The molecule has 1 fully saturated rings. The van der Waals surface area contributed by atoms with Crippen molar-refractivity contribution in [2.75, 3.05) is 41.3 Å². The van der Waals surface area contributed by atoms with Gasteiger partial charge in [0.05, 0.1) is 18.1 Å². The van der Waals surface area contributed by atoms with Gasteiger partial charge in [-0.3, -0.25) is 4.79 Å². The number of carbonyl (C=O) groups excluding carboxylic acids is 1. The quantitative estimate of drug-likeness (QED) is 0.529. The standard InChI is InChI=1S/C24H23N7O/c32-23(19-6-8-21(9-7-19)29-11-3-4-12-29)28-20-17-26-24(27-18-20)31-15-13-30(14-16-31)22-5-1-2-10-25-22/h1-12,17-18H,13-16H2,(H,28,32). The Hall–Kier alpha value is -4.20. The van der Waals surface area contributed by atoms with Crippen LogP contribution in [0.3, 0.4) is 0 Å². The number of carbonyl (C=O) groups is 1. The molecule has 1 aliphatic heterocycles. The summed E-state index contributed by atoms with van der Waals surface area (Å²) in [6.45, 7) is 3.35. The van der Waals surface area contributed by atoms with Gasteiger partial charge >= 0.3 is 0 Å². The zero-order valence-corrected chi connectivity index (χ0v) is 17.5. The highest BCUT2D eigenvalue weighted by Gasteiger charge is 2.19. The van der Waals surface area contributed by atoms with E-state index in [4.69, 9.17) is 0 Å². The molecule has 0 unspecified atom stereocenters. The van der Waals surface area contributed by atoms with Crippen LogP contribution in [0.2, 0.25) is 0 Å². The minimum atomic E-state index is -0.190. The second kappa shape index (κ2) is 8.89. The Labute approximate surface area is 186 Å². The smallest absolute Gasteiger partial charge is 0.255 e. The van der Waals surface area contributed by atoms with E-state index in [1.54, 1.807) is 24.5 Å². The highest BCUT2D eigenvalue weighted by atomic mass is 16.1. The second-order valence-corrected chi connectivity index (χ2v) is 7.53. The molecule has 4 heterocycles. The van der Waals surface area contributed by atoms with E-state index < -0.39 is 0 Å². The summed E-state index contributed by atoms with van der Waals surface area (Å²) >= 11 is 0. The number of amides is 1. The van der Waals surface area contributed by atoms with Gasteiger partial charge in [-0.2, -0.15) is 0 Å². The van der Waals surface area contributed by atoms with Gasteiger partial charge in [0, 0.05) is 56.0 Å². The van der Waals surface area contributed by atoms with Crippen LogP contribution in [0.25, 0.3) is 5.69 Å². The zero-order chi connectivity index (χ0) is 21.8. The number of nitrogens with zero attached hydrogens (tertiary/aromatic N) is 6. The molecule has 0 atom stereocenters. The van der Waals surface area contributed by atoms with Crippen molar-refractivity contribution in [1.29, 1.82) is 0 Å². The number of rotatable bonds is 5. The van der Waals surface area contributed by atoms with E-state index in [1.807, 2.05) is 65.6 Å². The summed E-state index contributed by atoms with van der Waals surface area (Å²) < 4.78 is 1.99. The number of benzene rings is 1. The first-order valence-corrected chi connectivity index (χ1v) is 10.5. The third kappa shape index (κ3) is 4.29. The normalized spacial score (nSPS) is 13.8. The van der Waals surface area contributed by atoms with Crippen molar-refractivity contribution in [2.24, 2.45) is 0 Å². The minimum Gasteiger partial charge on any atom is -0.353 e. The number of anilines is 3. The van der Waals surface area contributed by atoms with Crippen molar-refractivity contribution >= 4 is 23.4 Å². The van der Waals surface area contributed by atoms with Gasteiger partial charge in [-0.25, -0.2) is 15.0 Å². The van der Waals surface area contributed by atoms with E-state index in [1.165, 1.54) is 0 Å². The molecule has 0 radical (unpaired) electrons. The van der Waals surface area contributed by atoms with E-state index >= 15 is 0 Å². The fourth-order valence-corrected chi connectivity index (χ4v) is 3.72. The third-order valence-electron chi connectivity index (χ3n) is 5.46. The summed E-state index contributed by atoms with van der Waals surface area (Å²) in [5.74, 6) is 1.47. The van der Waals surface area contributed by atoms with Crippen LogP contribution < -0.4 is 15.1 Å². The van der Waals surface area contributed by atoms with Crippen molar-refractivity contribution in [1.82, 2.24) is 19.5 Å². The van der Waals surface area contributed by atoms with Crippen LogP contribution in [0.1, 0.15) is 10.4 Å². The van der Waals surface area contributed by atoms with Crippen LogP contribution in [0.5, 0.6) is 0 Å². The van der Waals surface area contributed by atoms with E-state index in [0.29, 0.717) is 17.2 Å². The highest BCUT2D eigenvalue weighted by Crippen LogP contribution is 2.17. The average Bonchev–Trinajstić information content (AvgIpc) is 3.40. The molecule has 0 saturated carbocycles. The summed E-state index contributed by atoms with van der Waals surface area (Å²) in [5, 5.41) is 2.87. The Bertz CT molecular complexity index is 1150. The molecule has 3 aromatic heterocycles. The van der Waals surface area contributed by atoms with Crippen molar-refractivity contribution in [3.8, 4) is 5.69 Å². The topological polar surface area (TPSA) is 79.2 Å². The van der Waals surface area contributed by atoms with Crippen LogP contribution in [0.15, 0.2) is 85.6 Å². The van der Waals surface area contributed by atoms with Crippen molar-refractivity contribution < 1.29 is 4.79 Å². The van der Waals surface area contributed by atoms with Crippen LogP contribution >= 0.6 is 0 Å². The number of aromatic nitrogens is 4. The molecule has 1 saturated heterocycles. The SMILES string of the molecule is O=C(Nc1cnc(N2CCN(c3ccccn3)CC2)nc1)c1ccc(-n2cccc2)cc1. The summed E-state index contributed by atoms with van der Waals surface area (Å²) in [6, 6.07) is 17.3. The van der Waals surface area contributed by atoms with Crippen molar-refractivity contribution in [2.45, 2.75) is 0 Å². The predicted octanol–water partition coefficient (Wildman–Crippen LogP) is 3.24. The molecule has 0 spiro atoms. The minimum absolute atomic E-state index is 0.190. The molecule has 0 aliphatic carbocycles. The number of pyridine rings is 1. The molecule has 160 valence electrons. The van der Waals surface area contributed by atoms with Crippen LogP contribution in [0, 0.1) is 0 Å². The van der Waals surface area contributed by atoms with Crippen molar-refractivity contribution in [3.63, 3.8) is 0 Å². The summed E-state index contributed by atoms with van der Waals surface area (Å²) in [7, 11) is 0. The Kier molecular flexibility index (Phi) is 5.48. The molecule has 5 rings (SSSR count). The van der Waals surface area contributed by atoms with Crippen molar-refractivity contribution in [3.05, 3.63) is 91.1 Å². The largest absolute Gasteiger partial charge is 0.353 e. The fourth-order valence-electron chi connectivity index (χ4n) is 3.72. The Balaban J connectivity index is 1.18. The van der Waals surface area contributed by atoms with E-state index in [0.717, 1.165) is 37.7 Å². The molecule has 1 amide bonds. The van der Waals surface area contributed by atoms with E-state index in [-0.39, 0.29) is 5.91 Å². The first-order chi connectivity index (χ1) is 15.8. The molecule has 0 bridgehead atoms. The summed E-state index contributed by atoms with van der Waals surface area (Å²) in [5.41, 5.74) is 2.15. The average molecular weight is 425 g/mol. The fraction of sp³-hybridized carbons (Fsp3) is 0.167. The maximum absolute atomic E-state index is 12.6. The lowest BCUT2D eigenvalue weighted by Crippen LogP contribution is -2.47. The number of nitrogens with one attached hydrogen (secondary N) is 1. The molecule has 32 heavy (non-hydrogen) atoms. The molecule has 8 nitrogen and oxygen atoms in total. The summed E-state index contributed by atoms with van der Waals surface area (Å²) in [6.07, 6.45) is 9.05. The van der Waals surface area contributed by atoms with Crippen LogP contribution in [-0.2, 0) is 0 Å². The lowest BCUT2D eigenvalue weighted by molar-refractivity contribution is 0.102. The molecule has 8 heteroatoms. The van der Waals surface area contributed by atoms with Crippen LogP contribution in [-0.4, -0.2) is 51.6 Å². The number of hydrogen-bond acceptors (Lipinski definition) is 6. The first-order valence-electron chi connectivity index (χ1n) is 10.5. The van der Waals surface area contributed by atoms with E-state index in [2.05, 4.69) is 30.1 Å². The molecule has 1 N–H and O–H groups in total. The Morgan fingerprint density at radius 1 is 0.781 bits per heavy atom. The van der Waals surface area contributed by atoms with Gasteiger partial charge in [-0.05, 0) is 48.5 Å². The summed E-state index contributed by atoms with van der Waals surface area (Å²) in [4.78, 5) is 30.3. The third-order valence-corrected chi connectivity index (χ3v) is 5.46. The lowest BCUT2D eigenvalue weighted by Gasteiger charge is -2.35. The first kappa shape index (κ1) is 19.7. The number of piperazine rings is 1. The molecular weight excluding hydrogens is 402 g/mol. The maximum atomic E-state index is 12.6. The maximum Gasteiger partial charge on any atom is 0.255 e. The number of hydrogen-bond donors (Lipinski definition) is 1. The van der Waals surface area contributed by atoms with Crippen LogP contribution in [0.4, 0.5) is 17.5 Å². The van der Waals surface area contributed by atoms with Gasteiger partial charge in [-0.15, -0.1) is 0 Å². The van der Waals surface area contributed by atoms with E-state index in [9.17, 15) is 4.79 Å². The Morgan fingerprint density at radius 3 is 2.12 bits per heavy atom. The lowest BCUT2D eigenvalue weighted by atomic mass is 10.2. The monoisotopic (exact) mass is 425 g/mol. The van der Waals surface area contributed by atoms with Gasteiger partial charge in [0.15, 0.2) is 0 Å². The molecule has 1 aliphatic rings. The van der Waals surface area contributed by atoms with Gasteiger partial charge < -0.3 is 19.7 Å².